The summed E-state index contributed by atoms with van der Waals surface area (Å²) < 4.78 is 0. The van der Waals surface area contributed by atoms with E-state index in [2.05, 4.69) is 16.8 Å². The Labute approximate surface area is 93.3 Å². The maximum Gasteiger partial charge on any atom is 0.229 e. The summed E-state index contributed by atoms with van der Waals surface area (Å²) in [5, 5.41) is 1.07. The summed E-state index contributed by atoms with van der Waals surface area (Å²) in [4.78, 5) is 14.8. The fourth-order valence-corrected chi connectivity index (χ4v) is 1.36. The summed E-state index contributed by atoms with van der Waals surface area (Å²) >= 11 is 0. The van der Waals surface area contributed by atoms with Crippen molar-refractivity contribution in [1.29, 1.82) is 0 Å². The Kier molecular flexibility index (Phi) is 2.84. The number of amides is 1. The van der Waals surface area contributed by atoms with E-state index in [4.69, 9.17) is 5.73 Å². The van der Waals surface area contributed by atoms with E-state index in [-0.39, 0.29) is 6.42 Å². The number of aromatic nitrogens is 1. The second-order valence-electron chi connectivity index (χ2n) is 3.33. The Morgan fingerprint density at radius 2 is 2.06 bits per heavy atom. The molecule has 0 aliphatic rings. The van der Waals surface area contributed by atoms with Crippen LogP contribution in [0.2, 0.25) is 0 Å². The van der Waals surface area contributed by atoms with Crippen molar-refractivity contribution in [2.75, 3.05) is 0 Å². The topological polar surface area (TPSA) is 56.0 Å². The minimum absolute atomic E-state index is 0.0640. The largest absolute Gasteiger partial charge is 0.369 e. The molecule has 0 fully saturated rings. The van der Waals surface area contributed by atoms with Crippen LogP contribution in [-0.2, 0) is 4.79 Å². The summed E-state index contributed by atoms with van der Waals surface area (Å²) in [5.41, 5.74) is 6.53. The monoisotopic (exact) mass is 210 g/mol. The van der Waals surface area contributed by atoms with Crippen molar-refractivity contribution in [2.45, 2.75) is 6.42 Å². The molecule has 16 heavy (non-hydrogen) atoms. The van der Waals surface area contributed by atoms with Gasteiger partial charge in [0.15, 0.2) is 0 Å². The number of hydrogen-bond acceptors (Lipinski definition) is 2. The van der Waals surface area contributed by atoms with Gasteiger partial charge in [-0.25, -0.2) is 4.98 Å². The molecule has 0 unspecified atom stereocenters. The number of rotatable bonds is 1. The van der Waals surface area contributed by atoms with E-state index in [9.17, 15) is 4.79 Å². The van der Waals surface area contributed by atoms with Gasteiger partial charge in [0.1, 0.15) is 5.69 Å². The van der Waals surface area contributed by atoms with Crippen molar-refractivity contribution >= 4 is 16.8 Å². The van der Waals surface area contributed by atoms with Gasteiger partial charge in [-0.1, -0.05) is 30.2 Å². The average Bonchev–Trinajstić information content (AvgIpc) is 2.28. The molecule has 0 spiro atoms. The molecule has 2 N–H and O–H groups in total. The third kappa shape index (κ3) is 2.37. The Balaban J connectivity index is 2.31. The minimum atomic E-state index is -0.423. The Morgan fingerprint density at radius 1 is 1.25 bits per heavy atom. The first-order valence-electron chi connectivity index (χ1n) is 4.89. The summed E-state index contributed by atoms with van der Waals surface area (Å²) in [7, 11) is 0. The molecule has 2 rings (SSSR count). The van der Waals surface area contributed by atoms with E-state index in [1.54, 1.807) is 0 Å². The highest BCUT2D eigenvalue weighted by atomic mass is 16.1. The smallest absolute Gasteiger partial charge is 0.229 e. The molecule has 1 amide bonds. The van der Waals surface area contributed by atoms with Crippen LogP contribution in [-0.4, -0.2) is 10.9 Å². The first-order valence-corrected chi connectivity index (χ1v) is 4.89. The zero-order valence-corrected chi connectivity index (χ0v) is 8.60. The maximum atomic E-state index is 10.5. The van der Waals surface area contributed by atoms with Gasteiger partial charge in [-0.2, -0.15) is 0 Å². The summed E-state index contributed by atoms with van der Waals surface area (Å²) in [6, 6.07) is 11.6. The number of pyridine rings is 1. The normalized spacial score (nSPS) is 9.50. The molecular weight excluding hydrogens is 200 g/mol. The number of nitrogens with two attached hydrogens (primary N) is 1. The van der Waals surface area contributed by atoms with Crippen LogP contribution in [0.4, 0.5) is 0 Å². The highest BCUT2D eigenvalue weighted by molar-refractivity contribution is 5.79. The molecule has 2 aromatic rings. The number of para-hydroxylation sites is 1. The Hall–Kier alpha value is -2.34. The van der Waals surface area contributed by atoms with Gasteiger partial charge in [0.25, 0.3) is 0 Å². The van der Waals surface area contributed by atoms with Crippen LogP contribution in [0.3, 0.4) is 0 Å². The van der Waals surface area contributed by atoms with E-state index in [0.29, 0.717) is 5.69 Å². The van der Waals surface area contributed by atoms with E-state index < -0.39 is 5.91 Å². The molecule has 0 saturated carbocycles. The predicted molar refractivity (Wildman–Crippen MR) is 62.4 cm³/mol. The zero-order valence-electron chi connectivity index (χ0n) is 8.60. The van der Waals surface area contributed by atoms with E-state index >= 15 is 0 Å². The van der Waals surface area contributed by atoms with Gasteiger partial charge in [0, 0.05) is 5.39 Å². The fraction of sp³-hybridized carbons (Fsp3) is 0.0769. The van der Waals surface area contributed by atoms with Gasteiger partial charge in [-0.3, -0.25) is 4.79 Å². The third-order valence-electron chi connectivity index (χ3n) is 2.08. The lowest BCUT2D eigenvalue weighted by Gasteiger charge is -1.96. The Morgan fingerprint density at radius 3 is 2.88 bits per heavy atom. The third-order valence-corrected chi connectivity index (χ3v) is 2.08. The van der Waals surface area contributed by atoms with Crippen LogP contribution in [0.25, 0.3) is 10.9 Å². The first-order chi connectivity index (χ1) is 7.75. The van der Waals surface area contributed by atoms with Crippen molar-refractivity contribution in [3.63, 3.8) is 0 Å². The molecule has 0 bridgehead atoms. The molecule has 0 aliphatic carbocycles. The van der Waals surface area contributed by atoms with Crippen LogP contribution in [0.15, 0.2) is 36.4 Å². The molecule has 0 atom stereocenters. The molecular formula is C13H10N2O. The van der Waals surface area contributed by atoms with Gasteiger partial charge in [-0.15, -0.1) is 0 Å². The maximum absolute atomic E-state index is 10.5. The van der Waals surface area contributed by atoms with Gasteiger partial charge in [0.2, 0.25) is 5.91 Å². The molecule has 1 aromatic heterocycles. The van der Waals surface area contributed by atoms with Crippen LogP contribution >= 0.6 is 0 Å². The fourth-order valence-electron chi connectivity index (χ4n) is 1.36. The molecule has 1 aromatic carbocycles. The summed E-state index contributed by atoms with van der Waals surface area (Å²) in [5.74, 6) is 5.06. The molecule has 0 aliphatic heterocycles. The van der Waals surface area contributed by atoms with Crippen LogP contribution < -0.4 is 5.73 Å². The molecule has 1 heterocycles. The van der Waals surface area contributed by atoms with Crippen molar-refractivity contribution in [2.24, 2.45) is 5.73 Å². The van der Waals surface area contributed by atoms with Crippen LogP contribution in [0.5, 0.6) is 0 Å². The quantitative estimate of drug-likeness (QED) is 0.724. The molecule has 78 valence electrons. The number of fused-ring (bicyclic) bond motifs is 1. The van der Waals surface area contributed by atoms with Crippen molar-refractivity contribution in [3.8, 4) is 11.8 Å². The first kappa shape index (κ1) is 10.2. The number of primary amides is 1. The van der Waals surface area contributed by atoms with Gasteiger partial charge >= 0.3 is 0 Å². The van der Waals surface area contributed by atoms with E-state index in [1.165, 1.54) is 0 Å². The van der Waals surface area contributed by atoms with Gasteiger partial charge in [-0.05, 0) is 18.1 Å². The lowest BCUT2D eigenvalue weighted by Crippen LogP contribution is -2.08. The second-order valence-corrected chi connectivity index (χ2v) is 3.33. The predicted octanol–water partition coefficient (Wildman–Crippen LogP) is 1.46. The standard InChI is InChI=1S/C13H10N2O/c14-13(16)7-3-5-11-9-8-10-4-1-2-6-12(10)15-11/h1-2,4,6,8-9H,7H2,(H2,14,16). The highest BCUT2D eigenvalue weighted by Crippen LogP contribution is 2.10. The van der Waals surface area contributed by atoms with Crippen molar-refractivity contribution in [3.05, 3.63) is 42.1 Å². The number of hydrogen-bond donors (Lipinski definition) is 1. The number of benzene rings is 1. The SMILES string of the molecule is NC(=O)CC#Cc1ccc2ccccc2n1. The summed E-state index contributed by atoms with van der Waals surface area (Å²) in [6.07, 6.45) is 0.0640. The van der Waals surface area contributed by atoms with E-state index in [1.807, 2.05) is 36.4 Å². The van der Waals surface area contributed by atoms with Crippen molar-refractivity contribution in [1.82, 2.24) is 4.98 Å². The molecule has 3 nitrogen and oxygen atoms in total. The molecule has 3 heteroatoms. The van der Waals surface area contributed by atoms with E-state index in [0.717, 1.165) is 10.9 Å². The zero-order chi connectivity index (χ0) is 11.4. The lowest BCUT2D eigenvalue weighted by atomic mass is 10.2. The molecule has 0 radical (unpaired) electrons. The van der Waals surface area contributed by atoms with Crippen LogP contribution in [0, 0.1) is 11.8 Å². The van der Waals surface area contributed by atoms with Gasteiger partial charge in [0.05, 0.1) is 11.9 Å². The van der Waals surface area contributed by atoms with Crippen molar-refractivity contribution < 1.29 is 4.79 Å². The minimum Gasteiger partial charge on any atom is -0.369 e. The highest BCUT2D eigenvalue weighted by Gasteiger charge is 1.94. The number of carbonyl (C=O) groups excluding carboxylic acids is 1. The van der Waals surface area contributed by atoms with Crippen LogP contribution in [0.1, 0.15) is 12.1 Å². The second kappa shape index (κ2) is 4.45. The number of nitrogens with zero attached hydrogens (tertiary/aromatic N) is 1. The number of carbonyl (C=O) groups is 1. The lowest BCUT2D eigenvalue weighted by molar-refractivity contribution is -0.117. The summed E-state index contributed by atoms with van der Waals surface area (Å²) in [6.45, 7) is 0. The molecule has 0 saturated heterocycles. The Bertz CT molecular complexity index is 593. The average molecular weight is 210 g/mol. The van der Waals surface area contributed by atoms with Gasteiger partial charge < -0.3 is 5.73 Å².